The van der Waals surface area contributed by atoms with E-state index in [1.165, 1.54) is 5.56 Å². The molecule has 0 atom stereocenters. The number of pyridine rings is 1. The van der Waals surface area contributed by atoms with E-state index in [4.69, 9.17) is 0 Å². The smallest absolute Gasteiger partial charge is 0.0591 e. The Labute approximate surface area is 86.0 Å². The molecule has 0 fully saturated rings. The van der Waals surface area contributed by atoms with Gasteiger partial charge < -0.3 is 5.11 Å². The van der Waals surface area contributed by atoms with Crippen LogP contribution in [-0.4, -0.2) is 15.7 Å². The zero-order valence-corrected chi connectivity index (χ0v) is 9.03. The fourth-order valence-electron chi connectivity index (χ4n) is 1.43. The van der Waals surface area contributed by atoms with Crippen molar-refractivity contribution in [3.05, 3.63) is 30.1 Å². The van der Waals surface area contributed by atoms with Gasteiger partial charge in [0, 0.05) is 12.4 Å². The highest BCUT2D eigenvalue weighted by molar-refractivity contribution is 5.08. The number of hydrogen-bond donors (Lipinski definition) is 1. The van der Waals surface area contributed by atoms with E-state index >= 15 is 0 Å². The number of aryl methyl sites for hydroxylation is 1. The lowest BCUT2D eigenvalue weighted by Gasteiger charge is -2.16. The highest BCUT2D eigenvalue weighted by Crippen LogP contribution is 2.13. The summed E-state index contributed by atoms with van der Waals surface area (Å²) in [6.45, 7) is 3.72. The molecule has 0 unspecified atom stereocenters. The van der Waals surface area contributed by atoms with Crippen LogP contribution in [0.3, 0.4) is 0 Å². The maximum absolute atomic E-state index is 9.50. The van der Waals surface area contributed by atoms with E-state index in [1.807, 2.05) is 26.1 Å². The fourth-order valence-corrected chi connectivity index (χ4v) is 1.43. The van der Waals surface area contributed by atoms with Crippen molar-refractivity contribution in [2.45, 2.75) is 45.1 Å². The van der Waals surface area contributed by atoms with Gasteiger partial charge in [0.15, 0.2) is 0 Å². The van der Waals surface area contributed by atoms with Gasteiger partial charge >= 0.3 is 0 Å². The van der Waals surface area contributed by atoms with E-state index < -0.39 is 5.60 Å². The van der Waals surface area contributed by atoms with E-state index in [-0.39, 0.29) is 0 Å². The third-order valence-electron chi connectivity index (χ3n) is 2.23. The quantitative estimate of drug-likeness (QED) is 0.729. The van der Waals surface area contributed by atoms with Gasteiger partial charge in [-0.05, 0) is 44.7 Å². The van der Waals surface area contributed by atoms with Gasteiger partial charge in [-0.25, -0.2) is 0 Å². The second-order valence-corrected chi connectivity index (χ2v) is 4.38. The molecule has 1 N–H and O–H groups in total. The van der Waals surface area contributed by atoms with Crippen LogP contribution < -0.4 is 0 Å². The standard InChI is InChI=1S/C12H19NO/c1-12(2,14)8-4-3-6-11-7-5-9-13-10-11/h5,7,9-10,14H,3-4,6,8H2,1-2H3. The number of rotatable bonds is 5. The minimum Gasteiger partial charge on any atom is -0.390 e. The molecule has 0 aromatic carbocycles. The second-order valence-electron chi connectivity index (χ2n) is 4.38. The van der Waals surface area contributed by atoms with E-state index in [2.05, 4.69) is 11.1 Å². The van der Waals surface area contributed by atoms with Gasteiger partial charge in [-0.3, -0.25) is 4.98 Å². The summed E-state index contributed by atoms with van der Waals surface area (Å²) in [5.41, 5.74) is 0.762. The summed E-state index contributed by atoms with van der Waals surface area (Å²) in [5, 5.41) is 9.50. The van der Waals surface area contributed by atoms with Crippen molar-refractivity contribution in [1.82, 2.24) is 4.98 Å². The largest absolute Gasteiger partial charge is 0.390 e. The van der Waals surface area contributed by atoms with Gasteiger partial charge in [0.05, 0.1) is 5.60 Å². The van der Waals surface area contributed by atoms with Crippen LogP contribution in [0.25, 0.3) is 0 Å². The molecule has 0 amide bonds. The first-order chi connectivity index (χ1) is 6.58. The van der Waals surface area contributed by atoms with E-state index in [9.17, 15) is 5.11 Å². The van der Waals surface area contributed by atoms with Gasteiger partial charge in [-0.15, -0.1) is 0 Å². The summed E-state index contributed by atoms with van der Waals surface area (Å²) in [6, 6.07) is 4.06. The Hall–Kier alpha value is -0.890. The van der Waals surface area contributed by atoms with Crippen molar-refractivity contribution >= 4 is 0 Å². The zero-order valence-electron chi connectivity index (χ0n) is 9.03. The lowest BCUT2D eigenvalue weighted by Crippen LogP contribution is -2.17. The number of nitrogens with zero attached hydrogens (tertiary/aromatic N) is 1. The first-order valence-electron chi connectivity index (χ1n) is 5.19. The van der Waals surface area contributed by atoms with E-state index in [1.54, 1.807) is 6.20 Å². The molecule has 2 nitrogen and oxygen atoms in total. The molecule has 1 heterocycles. The molecular formula is C12H19NO. The Balaban J connectivity index is 2.17. The van der Waals surface area contributed by atoms with Crippen molar-refractivity contribution in [2.24, 2.45) is 0 Å². The predicted molar refractivity (Wildman–Crippen MR) is 58.1 cm³/mol. The maximum atomic E-state index is 9.50. The highest BCUT2D eigenvalue weighted by Gasteiger charge is 2.10. The van der Waals surface area contributed by atoms with Crippen LogP contribution in [0.5, 0.6) is 0 Å². The summed E-state index contributed by atoms with van der Waals surface area (Å²) in [5.74, 6) is 0. The van der Waals surface area contributed by atoms with Crippen molar-refractivity contribution in [1.29, 1.82) is 0 Å². The summed E-state index contributed by atoms with van der Waals surface area (Å²) in [4.78, 5) is 4.06. The molecule has 0 saturated carbocycles. The molecule has 1 aromatic rings. The number of unbranched alkanes of at least 4 members (excludes halogenated alkanes) is 1. The third kappa shape index (κ3) is 4.97. The van der Waals surface area contributed by atoms with Crippen molar-refractivity contribution in [3.8, 4) is 0 Å². The van der Waals surface area contributed by atoms with Crippen LogP contribution in [0, 0.1) is 0 Å². The van der Waals surface area contributed by atoms with E-state index in [0.717, 1.165) is 25.7 Å². The topological polar surface area (TPSA) is 33.1 Å². The molecule has 0 aliphatic heterocycles. The van der Waals surface area contributed by atoms with Gasteiger partial charge in [0.25, 0.3) is 0 Å². The molecule has 14 heavy (non-hydrogen) atoms. The zero-order chi connectivity index (χ0) is 10.4. The Bertz CT molecular complexity index is 251. The predicted octanol–water partition coefficient (Wildman–Crippen LogP) is 2.57. The SMILES string of the molecule is CC(C)(O)CCCCc1cccnc1. The molecule has 0 saturated heterocycles. The first-order valence-corrected chi connectivity index (χ1v) is 5.19. The number of aromatic nitrogens is 1. The minimum absolute atomic E-state index is 0.519. The molecule has 1 rings (SSSR count). The molecule has 78 valence electrons. The van der Waals surface area contributed by atoms with Crippen LogP contribution in [0.2, 0.25) is 0 Å². The van der Waals surface area contributed by atoms with Crippen LogP contribution in [0.4, 0.5) is 0 Å². The summed E-state index contributed by atoms with van der Waals surface area (Å²) < 4.78 is 0. The summed E-state index contributed by atoms with van der Waals surface area (Å²) in [7, 11) is 0. The Morgan fingerprint density at radius 2 is 2.14 bits per heavy atom. The summed E-state index contributed by atoms with van der Waals surface area (Å²) in [6.07, 6.45) is 7.82. The minimum atomic E-state index is -0.519. The monoisotopic (exact) mass is 193 g/mol. The van der Waals surface area contributed by atoms with E-state index in [0.29, 0.717) is 0 Å². The fraction of sp³-hybridized carbons (Fsp3) is 0.583. The average molecular weight is 193 g/mol. The average Bonchev–Trinajstić information content (AvgIpc) is 2.13. The number of hydrogen-bond acceptors (Lipinski definition) is 2. The molecule has 0 radical (unpaired) electrons. The Morgan fingerprint density at radius 1 is 1.36 bits per heavy atom. The number of aliphatic hydroxyl groups is 1. The molecule has 2 heteroatoms. The molecule has 1 aromatic heterocycles. The van der Waals surface area contributed by atoms with Gasteiger partial charge in [0.1, 0.15) is 0 Å². The first kappa shape index (κ1) is 11.2. The molecular weight excluding hydrogens is 174 g/mol. The summed E-state index contributed by atoms with van der Waals surface area (Å²) >= 11 is 0. The van der Waals surface area contributed by atoms with Gasteiger partial charge in [0.2, 0.25) is 0 Å². The van der Waals surface area contributed by atoms with Crippen molar-refractivity contribution in [2.75, 3.05) is 0 Å². The second kappa shape index (κ2) is 5.11. The Kier molecular flexibility index (Phi) is 4.08. The van der Waals surface area contributed by atoms with Crippen LogP contribution in [0.1, 0.15) is 38.7 Å². The van der Waals surface area contributed by atoms with Crippen LogP contribution >= 0.6 is 0 Å². The Morgan fingerprint density at radius 3 is 2.71 bits per heavy atom. The molecule has 0 aliphatic rings. The van der Waals surface area contributed by atoms with Crippen LogP contribution in [0.15, 0.2) is 24.5 Å². The lowest BCUT2D eigenvalue weighted by molar-refractivity contribution is 0.0682. The van der Waals surface area contributed by atoms with Crippen molar-refractivity contribution in [3.63, 3.8) is 0 Å². The van der Waals surface area contributed by atoms with Gasteiger partial charge in [-0.1, -0.05) is 12.5 Å². The lowest BCUT2D eigenvalue weighted by atomic mass is 10.00. The highest BCUT2D eigenvalue weighted by atomic mass is 16.3. The maximum Gasteiger partial charge on any atom is 0.0591 e. The molecule has 0 bridgehead atoms. The normalized spacial score (nSPS) is 11.6. The molecule has 0 spiro atoms. The van der Waals surface area contributed by atoms with Crippen LogP contribution in [-0.2, 0) is 6.42 Å². The van der Waals surface area contributed by atoms with Crippen molar-refractivity contribution < 1.29 is 5.11 Å². The van der Waals surface area contributed by atoms with Gasteiger partial charge in [-0.2, -0.15) is 0 Å². The third-order valence-corrected chi connectivity index (χ3v) is 2.23. The molecule has 0 aliphatic carbocycles.